The Bertz CT molecular complexity index is 3820. The Morgan fingerprint density at radius 1 is 0.426 bits per heavy atom. The first-order valence-electron chi connectivity index (χ1n) is 23.9. The van der Waals surface area contributed by atoms with E-state index >= 15 is 0 Å². The van der Waals surface area contributed by atoms with Crippen molar-refractivity contribution in [2.24, 2.45) is 0 Å². The van der Waals surface area contributed by atoms with Crippen LogP contribution in [0.4, 0.5) is 0 Å². The van der Waals surface area contributed by atoms with Gasteiger partial charge in [0.15, 0.2) is 5.78 Å². The molecule has 0 fully saturated rings. The van der Waals surface area contributed by atoms with Crippen LogP contribution in [0.15, 0.2) is 218 Å². The first-order chi connectivity index (χ1) is 33.4. The van der Waals surface area contributed by atoms with E-state index in [1.165, 1.54) is 88.6 Å². The average molecular weight is 870 g/mol. The molecule has 1 aromatic heterocycles. The van der Waals surface area contributed by atoms with Crippen LogP contribution in [-0.2, 0) is 11.8 Å². The molecule has 0 radical (unpaired) electrons. The average Bonchev–Trinajstić information content (AvgIpc) is 4.00. The third kappa shape index (κ3) is 5.67. The van der Waals surface area contributed by atoms with Crippen molar-refractivity contribution < 1.29 is 4.79 Å². The number of para-hydroxylation sites is 2. The molecule has 0 saturated heterocycles. The van der Waals surface area contributed by atoms with Crippen LogP contribution < -0.4 is 0 Å². The van der Waals surface area contributed by atoms with Gasteiger partial charge in [-0.2, -0.15) is 0 Å². The number of carbonyl (C=O) groups is 1. The molecule has 13 rings (SSSR count). The molecule has 1 spiro atoms. The van der Waals surface area contributed by atoms with Gasteiger partial charge >= 0.3 is 0 Å². The van der Waals surface area contributed by atoms with Gasteiger partial charge in [-0.25, -0.2) is 0 Å². The van der Waals surface area contributed by atoms with Gasteiger partial charge in [0.05, 0.1) is 16.4 Å². The molecule has 0 bridgehead atoms. The Kier molecular flexibility index (Phi) is 9.04. The van der Waals surface area contributed by atoms with Gasteiger partial charge in [0, 0.05) is 22.0 Å². The number of hydrogen-bond acceptors (Lipinski definition) is 1. The molecular formula is C66H47NO. The van der Waals surface area contributed by atoms with Gasteiger partial charge in [-0.05, 0) is 163 Å². The molecule has 0 atom stereocenters. The fraction of sp³-hybridized carbons (Fsp3) is 0.0758. The molecule has 0 saturated carbocycles. The number of carbonyl (C=O) groups excluding carboxylic acids is 1. The van der Waals surface area contributed by atoms with Crippen molar-refractivity contribution >= 4 is 27.6 Å². The Balaban J connectivity index is 0.987. The van der Waals surface area contributed by atoms with Gasteiger partial charge in [-0.15, -0.1) is 0 Å². The second-order valence-corrected chi connectivity index (χ2v) is 18.6. The standard InChI is InChI=1S/C66H47NO/c1-4-48-51(35-36-62-65(48)55-25-12-16-28-61(55)66(62)59-26-14-10-22-52(59)53-23-11-15-27-60(53)66)57-40-46(39-56(41(57)2)50-21-9-8-20-49(50)42(3)68)44-32-30-43(31-33-44)45-34-37-64-58(38-45)54-24-13-17-29-63(54)67(64)47-18-6-5-7-19-47/h5-40H,4H2,1-3H3. The lowest BCUT2D eigenvalue weighted by atomic mass is 9.70. The highest BCUT2D eigenvalue weighted by molar-refractivity contribution is 6.10. The second kappa shape index (κ2) is 15.4. The largest absolute Gasteiger partial charge is 0.309 e. The molecule has 10 aromatic carbocycles. The van der Waals surface area contributed by atoms with Gasteiger partial charge in [0.2, 0.25) is 0 Å². The van der Waals surface area contributed by atoms with E-state index in [0.29, 0.717) is 0 Å². The number of ketones is 1. The van der Waals surface area contributed by atoms with Crippen molar-refractivity contribution in [3.63, 3.8) is 0 Å². The SMILES string of the molecule is CCc1c(-c2cc(-c3ccc(-c4ccc5c(c4)c4ccccc4n5-c4ccccc4)cc3)cc(-c3ccccc3C(C)=O)c2C)ccc2c1-c1ccccc1C21c2ccccc2-c2ccccc21. The van der Waals surface area contributed by atoms with E-state index in [1.807, 2.05) is 12.1 Å². The lowest BCUT2D eigenvalue weighted by Gasteiger charge is -2.31. The number of aromatic nitrogens is 1. The van der Waals surface area contributed by atoms with Gasteiger partial charge < -0.3 is 4.57 Å². The minimum Gasteiger partial charge on any atom is -0.309 e. The second-order valence-electron chi connectivity index (χ2n) is 18.6. The molecule has 322 valence electrons. The number of Topliss-reactive ketones (excluding diaryl/α,β-unsaturated/α-hetero) is 1. The van der Waals surface area contributed by atoms with Gasteiger partial charge in [0.1, 0.15) is 0 Å². The fourth-order valence-electron chi connectivity index (χ4n) is 12.2. The van der Waals surface area contributed by atoms with Crippen molar-refractivity contribution in [1.29, 1.82) is 0 Å². The molecule has 2 heteroatoms. The zero-order chi connectivity index (χ0) is 45.7. The molecule has 0 N–H and O–H groups in total. The van der Waals surface area contributed by atoms with Gasteiger partial charge in [-0.3, -0.25) is 4.79 Å². The predicted octanol–water partition coefficient (Wildman–Crippen LogP) is 16.9. The highest BCUT2D eigenvalue weighted by atomic mass is 16.1. The molecule has 0 amide bonds. The van der Waals surface area contributed by atoms with E-state index < -0.39 is 5.41 Å². The van der Waals surface area contributed by atoms with Crippen LogP contribution in [0.5, 0.6) is 0 Å². The summed E-state index contributed by atoms with van der Waals surface area (Å²) in [7, 11) is 0. The zero-order valence-electron chi connectivity index (χ0n) is 38.3. The zero-order valence-corrected chi connectivity index (χ0v) is 38.3. The maximum absolute atomic E-state index is 13.3. The quantitative estimate of drug-likeness (QED) is 0.146. The smallest absolute Gasteiger partial charge is 0.160 e. The molecule has 1 heterocycles. The predicted molar refractivity (Wildman–Crippen MR) is 283 cm³/mol. The van der Waals surface area contributed by atoms with Crippen molar-refractivity contribution in [3.8, 4) is 72.4 Å². The number of fused-ring (bicyclic) bond motifs is 13. The third-order valence-corrected chi connectivity index (χ3v) is 15.2. The fourth-order valence-corrected chi connectivity index (χ4v) is 12.2. The highest BCUT2D eigenvalue weighted by Crippen LogP contribution is 2.64. The summed E-state index contributed by atoms with van der Waals surface area (Å²) >= 11 is 0. The molecule has 68 heavy (non-hydrogen) atoms. The summed E-state index contributed by atoms with van der Waals surface area (Å²) in [6.45, 7) is 6.23. The minimum atomic E-state index is -0.407. The lowest BCUT2D eigenvalue weighted by Crippen LogP contribution is -2.25. The van der Waals surface area contributed by atoms with Gasteiger partial charge in [-0.1, -0.05) is 183 Å². The summed E-state index contributed by atoms with van der Waals surface area (Å²) in [6, 6.07) is 80.0. The van der Waals surface area contributed by atoms with Crippen LogP contribution in [-0.4, -0.2) is 10.4 Å². The molecule has 2 nitrogen and oxygen atoms in total. The topological polar surface area (TPSA) is 22.0 Å². The Morgan fingerprint density at radius 2 is 0.956 bits per heavy atom. The Labute approximate surface area is 397 Å². The molecule has 0 aliphatic heterocycles. The summed E-state index contributed by atoms with van der Waals surface area (Å²) in [6.07, 6.45) is 0.859. The number of hydrogen-bond donors (Lipinski definition) is 0. The van der Waals surface area contributed by atoms with Crippen LogP contribution in [0.25, 0.3) is 94.3 Å². The highest BCUT2D eigenvalue weighted by Gasteiger charge is 2.52. The van der Waals surface area contributed by atoms with E-state index in [1.54, 1.807) is 6.92 Å². The Morgan fingerprint density at radius 3 is 1.63 bits per heavy atom. The molecule has 2 aliphatic carbocycles. The van der Waals surface area contributed by atoms with Crippen molar-refractivity contribution in [2.75, 3.05) is 0 Å². The van der Waals surface area contributed by atoms with E-state index in [4.69, 9.17) is 0 Å². The maximum Gasteiger partial charge on any atom is 0.160 e. The van der Waals surface area contributed by atoms with Crippen molar-refractivity contribution in [1.82, 2.24) is 4.57 Å². The summed E-state index contributed by atoms with van der Waals surface area (Å²) in [5.41, 5.74) is 26.1. The Hall–Kier alpha value is -8.33. The third-order valence-electron chi connectivity index (χ3n) is 15.2. The number of rotatable bonds is 7. The van der Waals surface area contributed by atoms with Crippen LogP contribution in [0.2, 0.25) is 0 Å². The van der Waals surface area contributed by atoms with Crippen LogP contribution in [0.3, 0.4) is 0 Å². The first kappa shape index (κ1) is 40.0. The van der Waals surface area contributed by atoms with Crippen molar-refractivity contribution in [2.45, 2.75) is 32.6 Å². The molecular weight excluding hydrogens is 823 g/mol. The van der Waals surface area contributed by atoms with Crippen LogP contribution >= 0.6 is 0 Å². The van der Waals surface area contributed by atoms with Crippen LogP contribution in [0.1, 0.15) is 57.6 Å². The van der Waals surface area contributed by atoms with Crippen LogP contribution in [0, 0.1) is 6.92 Å². The van der Waals surface area contributed by atoms with E-state index in [0.717, 1.165) is 51.1 Å². The summed E-state index contributed by atoms with van der Waals surface area (Å²) in [4.78, 5) is 13.3. The van der Waals surface area contributed by atoms with E-state index in [9.17, 15) is 4.79 Å². The molecule has 11 aromatic rings. The normalized spacial score (nSPS) is 12.9. The summed E-state index contributed by atoms with van der Waals surface area (Å²) < 4.78 is 2.36. The lowest BCUT2D eigenvalue weighted by molar-refractivity contribution is 0.101. The number of benzene rings is 10. The monoisotopic (exact) mass is 869 g/mol. The summed E-state index contributed by atoms with van der Waals surface area (Å²) in [5, 5.41) is 2.48. The maximum atomic E-state index is 13.3. The molecule has 0 unspecified atom stereocenters. The minimum absolute atomic E-state index is 0.0611. The first-order valence-corrected chi connectivity index (χ1v) is 23.9. The number of nitrogens with zero attached hydrogens (tertiary/aromatic N) is 1. The van der Waals surface area contributed by atoms with Crippen molar-refractivity contribution in [3.05, 3.63) is 257 Å². The van der Waals surface area contributed by atoms with E-state index in [2.05, 4.69) is 225 Å². The van der Waals surface area contributed by atoms with Gasteiger partial charge in [0.25, 0.3) is 0 Å². The molecule has 2 aliphatic rings. The summed E-state index contributed by atoms with van der Waals surface area (Å²) in [5.74, 6) is 0.0611. The van der Waals surface area contributed by atoms with E-state index in [-0.39, 0.29) is 5.78 Å².